The molecule has 0 aliphatic rings. The summed E-state index contributed by atoms with van der Waals surface area (Å²) < 4.78 is 36.6. The zero-order chi connectivity index (χ0) is 8.97. The van der Waals surface area contributed by atoms with Crippen molar-refractivity contribution in [3.8, 4) is 0 Å². The van der Waals surface area contributed by atoms with Gasteiger partial charge in [0.1, 0.15) is 5.82 Å². The molecule has 12 heavy (non-hydrogen) atoms. The van der Waals surface area contributed by atoms with Gasteiger partial charge >= 0.3 is 0 Å². The standard InChI is InChI=1S/C7H7FO3S/c8-7-3-1-2-6(4-7)5-11-12(9)10/h1-4H,5H2,(H,9,10)/p-1. The van der Waals surface area contributed by atoms with E-state index in [1.54, 1.807) is 6.07 Å². The number of hydrogen-bond acceptors (Lipinski definition) is 3. The molecule has 0 saturated carbocycles. The highest BCUT2D eigenvalue weighted by Crippen LogP contribution is 2.04. The molecule has 0 saturated heterocycles. The highest BCUT2D eigenvalue weighted by molar-refractivity contribution is 7.74. The molecule has 1 atom stereocenters. The van der Waals surface area contributed by atoms with Crippen molar-refractivity contribution >= 4 is 11.4 Å². The van der Waals surface area contributed by atoms with E-state index >= 15 is 0 Å². The van der Waals surface area contributed by atoms with Gasteiger partial charge in [0.2, 0.25) is 0 Å². The fraction of sp³-hybridized carbons (Fsp3) is 0.143. The lowest BCUT2D eigenvalue weighted by Gasteiger charge is -2.04. The molecule has 1 aromatic carbocycles. The van der Waals surface area contributed by atoms with Crippen molar-refractivity contribution in [3.63, 3.8) is 0 Å². The molecule has 0 spiro atoms. The van der Waals surface area contributed by atoms with Crippen molar-refractivity contribution < 1.29 is 17.3 Å². The Kier molecular flexibility index (Phi) is 3.33. The van der Waals surface area contributed by atoms with Crippen molar-refractivity contribution in [3.05, 3.63) is 35.6 Å². The van der Waals surface area contributed by atoms with E-state index in [0.29, 0.717) is 5.56 Å². The van der Waals surface area contributed by atoms with Crippen LogP contribution in [0.2, 0.25) is 0 Å². The maximum absolute atomic E-state index is 12.5. The fourth-order valence-electron chi connectivity index (χ4n) is 0.743. The van der Waals surface area contributed by atoms with Crippen LogP contribution in [-0.4, -0.2) is 8.76 Å². The van der Waals surface area contributed by atoms with E-state index in [-0.39, 0.29) is 6.61 Å². The van der Waals surface area contributed by atoms with Crippen LogP contribution < -0.4 is 0 Å². The molecule has 0 radical (unpaired) electrons. The van der Waals surface area contributed by atoms with Gasteiger partial charge in [-0.3, -0.25) is 4.18 Å². The lowest BCUT2D eigenvalue weighted by molar-refractivity contribution is 0.290. The van der Waals surface area contributed by atoms with Gasteiger partial charge in [-0.2, -0.15) is 0 Å². The van der Waals surface area contributed by atoms with Crippen LogP contribution in [-0.2, 0) is 22.2 Å². The Labute approximate surface area is 71.7 Å². The first-order valence-electron chi connectivity index (χ1n) is 3.15. The average molecular weight is 189 g/mol. The Morgan fingerprint density at radius 3 is 2.92 bits per heavy atom. The number of hydrogen-bond donors (Lipinski definition) is 0. The van der Waals surface area contributed by atoms with E-state index in [9.17, 15) is 13.2 Å². The summed E-state index contributed by atoms with van der Waals surface area (Å²) in [7, 11) is 0. The molecule has 0 amide bonds. The fourth-order valence-corrected chi connectivity index (χ4v) is 0.975. The third-order valence-electron chi connectivity index (χ3n) is 1.21. The van der Waals surface area contributed by atoms with Gasteiger partial charge in [0.05, 0.1) is 18.0 Å². The van der Waals surface area contributed by atoms with Crippen LogP contribution in [0.1, 0.15) is 5.56 Å². The molecular formula is C7H6FO3S-. The van der Waals surface area contributed by atoms with Gasteiger partial charge in [-0.1, -0.05) is 12.1 Å². The molecule has 5 heteroatoms. The summed E-state index contributed by atoms with van der Waals surface area (Å²) in [5.74, 6) is -0.409. The summed E-state index contributed by atoms with van der Waals surface area (Å²) in [5.41, 5.74) is 0.485. The van der Waals surface area contributed by atoms with Crippen molar-refractivity contribution in [1.82, 2.24) is 0 Å². The van der Waals surface area contributed by atoms with Crippen molar-refractivity contribution in [2.75, 3.05) is 0 Å². The first-order chi connectivity index (χ1) is 5.68. The number of rotatable bonds is 3. The van der Waals surface area contributed by atoms with Gasteiger partial charge in [-0.15, -0.1) is 0 Å². The van der Waals surface area contributed by atoms with Crippen LogP contribution in [0.4, 0.5) is 4.39 Å². The molecule has 0 aliphatic heterocycles. The smallest absolute Gasteiger partial charge is 0.123 e. The Morgan fingerprint density at radius 1 is 1.58 bits per heavy atom. The summed E-state index contributed by atoms with van der Waals surface area (Å²) in [6.45, 7) is -0.131. The van der Waals surface area contributed by atoms with Crippen LogP contribution >= 0.6 is 0 Å². The largest absolute Gasteiger partial charge is 0.750 e. The maximum atomic E-state index is 12.5. The van der Waals surface area contributed by atoms with Gasteiger partial charge in [0.15, 0.2) is 0 Å². The van der Waals surface area contributed by atoms with Gasteiger partial charge < -0.3 is 4.55 Å². The summed E-state index contributed by atoms with van der Waals surface area (Å²) in [4.78, 5) is 0. The molecule has 0 aliphatic carbocycles. The van der Waals surface area contributed by atoms with Crippen LogP contribution in [0.5, 0.6) is 0 Å². The first-order valence-corrected chi connectivity index (χ1v) is 4.15. The lowest BCUT2D eigenvalue weighted by Crippen LogP contribution is -1.96. The highest BCUT2D eigenvalue weighted by atomic mass is 32.2. The Hall–Kier alpha value is -0.780. The first kappa shape index (κ1) is 9.31. The van der Waals surface area contributed by atoms with Crippen LogP contribution in [0.15, 0.2) is 24.3 Å². The van der Waals surface area contributed by atoms with Gasteiger partial charge in [-0.25, -0.2) is 8.60 Å². The normalized spacial score (nSPS) is 12.8. The monoisotopic (exact) mass is 189 g/mol. The molecule has 0 N–H and O–H groups in total. The van der Waals surface area contributed by atoms with Crippen LogP contribution in [0.25, 0.3) is 0 Å². The average Bonchev–Trinajstić information content (AvgIpc) is 2.01. The van der Waals surface area contributed by atoms with E-state index in [1.165, 1.54) is 18.2 Å². The second-order valence-corrected chi connectivity index (χ2v) is 2.74. The third kappa shape index (κ3) is 3.08. The van der Waals surface area contributed by atoms with Crippen LogP contribution in [0.3, 0.4) is 0 Å². The number of benzene rings is 1. The SMILES string of the molecule is O=S([O-])OCc1cccc(F)c1. The molecule has 66 valence electrons. The van der Waals surface area contributed by atoms with E-state index < -0.39 is 17.2 Å². The van der Waals surface area contributed by atoms with E-state index in [1.807, 2.05) is 0 Å². The maximum Gasteiger partial charge on any atom is 0.123 e. The van der Waals surface area contributed by atoms with Crippen molar-refractivity contribution in [1.29, 1.82) is 0 Å². The predicted molar refractivity (Wildman–Crippen MR) is 40.1 cm³/mol. The predicted octanol–water partition coefficient (Wildman–Crippen LogP) is 1.14. The Bertz CT molecular complexity index is 290. The second kappa shape index (κ2) is 4.30. The summed E-state index contributed by atoms with van der Waals surface area (Å²) in [6, 6.07) is 5.56. The minimum atomic E-state index is -2.55. The minimum Gasteiger partial charge on any atom is -0.750 e. The van der Waals surface area contributed by atoms with E-state index in [2.05, 4.69) is 4.18 Å². The van der Waals surface area contributed by atoms with Gasteiger partial charge in [-0.05, 0) is 17.7 Å². The zero-order valence-electron chi connectivity index (χ0n) is 6.03. The molecular weight excluding hydrogens is 183 g/mol. The van der Waals surface area contributed by atoms with Crippen molar-refractivity contribution in [2.45, 2.75) is 6.61 Å². The molecule has 0 fully saturated rings. The van der Waals surface area contributed by atoms with Gasteiger partial charge in [0, 0.05) is 0 Å². The molecule has 1 unspecified atom stereocenters. The second-order valence-electron chi connectivity index (χ2n) is 2.10. The Balaban J connectivity index is 2.57. The summed E-state index contributed by atoms with van der Waals surface area (Å²) >= 11 is -2.55. The van der Waals surface area contributed by atoms with E-state index in [4.69, 9.17) is 0 Å². The zero-order valence-corrected chi connectivity index (χ0v) is 6.84. The minimum absolute atomic E-state index is 0.131. The molecule has 1 aromatic rings. The molecule has 0 heterocycles. The van der Waals surface area contributed by atoms with Crippen molar-refractivity contribution in [2.24, 2.45) is 0 Å². The number of halogens is 1. The molecule has 0 aromatic heterocycles. The topological polar surface area (TPSA) is 49.4 Å². The molecule has 3 nitrogen and oxygen atoms in total. The quantitative estimate of drug-likeness (QED) is 0.670. The third-order valence-corrected chi connectivity index (χ3v) is 1.52. The highest BCUT2D eigenvalue weighted by Gasteiger charge is 1.94. The Morgan fingerprint density at radius 2 is 2.33 bits per heavy atom. The summed E-state index contributed by atoms with van der Waals surface area (Å²) in [6.07, 6.45) is 0. The molecule has 1 rings (SSSR count). The summed E-state index contributed by atoms with van der Waals surface area (Å²) in [5, 5.41) is 0. The lowest BCUT2D eigenvalue weighted by atomic mass is 10.2. The van der Waals surface area contributed by atoms with Gasteiger partial charge in [0.25, 0.3) is 0 Å². The molecule has 0 bridgehead atoms. The van der Waals surface area contributed by atoms with Crippen LogP contribution in [0, 0.1) is 5.82 Å². The van der Waals surface area contributed by atoms with E-state index in [0.717, 1.165) is 0 Å².